The number of nitrogens with two attached hydrogens (primary N) is 3. The van der Waals surface area contributed by atoms with E-state index in [1.807, 2.05) is 0 Å². The van der Waals surface area contributed by atoms with E-state index in [1.54, 1.807) is 0 Å². The van der Waals surface area contributed by atoms with E-state index in [0.717, 1.165) is 0 Å². The predicted octanol–water partition coefficient (Wildman–Crippen LogP) is -1.77. The van der Waals surface area contributed by atoms with Gasteiger partial charge in [-0.25, -0.2) is 0 Å². The summed E-state index contributed by atoms with van der Waals surface area (Å²) >= 11 is 0. The highest BCUT2D eigenvalue weighted by Gasteiger charge is 2.09. The van der Waals surface area contributed by atoms with Crippen LogP contribution < -0.4 is 17.2 Å². The molecule has 0 aromatic rings. The number of carboxylic acids is 1. The first-order valence-corrected chi connectivity index (χ1v) is 4.80. The summed E-state index contributed by atoms with van der Waals surface area (Å²) < 4.78 is 0. The molecule has 0 heterocycles. The van der Waals surface area contributed by atoms with Crippen LogP contribution >= 0.6 is 0 Å². The lowest BCUT2D eigenvalue weighted by Crippen LogP contribution is -2.30. The van der Waals surface area contributed by atoms with Gasteiger partial charge in [0.25, 0.3) is 0 Å². The van der Waals surface area contributed by atoms with Gasteiger partial charge in [-0.15, -0.1) is 0 Å². The molecule has 8 nitrogen and oxygen atoms in total. The molecule has 0 bridgehead atoms. The van der Waals surface area contributed by atoms with Gasteiger partial charge < -0.3 is 22.3 Å². The van der Waals surface area contributed by atoms with Crippen molar-refractivity contribution in [1.82, 2.24) is 0 Å². The maximum Gasteiger partial charge on any atom is 0.320 e. The quantitative estimate of drug-likeness (QED) is 0.142. The topological polar surface area (TPSA) is 162 Å². The van der Waals surface area contributed by atoms with Crippen LogP contribution in [-0.4, -0.2) is 41.7 Å². The predicted molar refractivity (Wildman–Crippen MR) is 62.3 cm³/mol. The Kier molecular flexibility index (Phi) is 10.8. The number of guanidine groups is 1. The lowest BCUT2D eigenvalue weighted by atomic mass is 10.2. The molecule has 17 heavy (non-hydrogen) atoms. The van der Waals surface area contributed by atoms with Crippen molar-refractivity contribution in [1.29, 1.82) is 0 Å². The lowest BCUT2D eigenvalue weighted by molar-refractivity contribution is -0.138. The molecule has 0 amide bonds. The van der Waals surface area contributed by atoms with Crippen molar-refractivity contribution in [3.63, 3.8) is 0 Å². The van der Waals surface area contributed by atoms with Gasteiger partial charge in [0.15, 0.2) is 18.0 Å². The summed E-state index contributed by atoms with van der Waals surface area (Å²) in [6, 6.07) is -0.820. The number of aldehydes is 1. The number of carbonyl (C=O) groups excluding carboxylic acids is 2. The Bertz CT molecular complexity index is 287. The third-order valence-electron chi connectivity index (χ3n) is 1.45. The van der Waals surface area contributed by atoms with Crippen LogP contribution in [-0.2, 0) is 14.4 Å². The molecule has 0 aliphatic heterocycles. The molecule has 1 atom stereocenters. The normalized spacial score (nSPS) is 10.5. The third-order valence-corrected chi connectivity index (χ3v) is 1.45. The second-order valence-corrected chi connectivity index (χ2v) is 3.12. The molecular weight excluding hydrogens is 228 g/mol. The van der Waals surface area contributed by atoms with Gasteiger partial charge in [0.2, 0.25) is 0 Å². The maximum absolute atomic E-state index is 10.2. The molecule has 0 rings (SSSR count). The fraction of sp³-hybridized carbons (Fsp3) is 0.556. The summed E-state index contributed by atoms with van der Waals surface area (Å²) in [4.78, 5) is 32.5. The Hall–Kier alpha value is -1.96. The number of rotatable bonds is 6. The van der Waals surface area contributed by atoms with Crippen molar-refractivity contribution in [2.24, 2.45) is 22.2 Å². The number of aliphatic carboxylic acids is 1. The zero-order chi connectivity index (χ0) is 13.8. The molecule has 0 aromatic carbocycles. The van der Waals surface area contributed by atoms with Crippen LogP contribution in [0.25, 0.3) is 0 Å². The minimum atomic E-state index is -1.00. The number of Topliss-reactive ketones (excluding diaryl/α,β-unsaturated/α-hetero) is 1. The molecule has 8 heteroatoms. The number of hydrogen-bond acceptors (Lipinski definition) is 5. The van der Waals surface area contributed by atoms with Gasteiger partial charge >= 0.3 is 5.97 Å². The largest absolute Gasteiger partial charge is 0.480 e. The lowest BCUT2D eigenvalue weighted by Gasteiger charge is -2.03. The van der Waals surface area contributed by atoms with E-state index in [4.69, 9.17) is 27.1 Å². The smallest absolute Gasteiger partial charge is 0.320 e. The summed E-state index contributed by atoms with van der Waals surface area (Å²) in [7, 11) is 0. The van der Waals surface area contributed by atoms with Crippen molar-refractivity contribution in [3.8, 4) is 0 Å². The van der Waals surface area contributed by atoms with Crippen LogP contribution in [0.1, 0.15) is 19.8 Å². The Morgan fingerprint density at radius 1 is 1.41 bits per heavy atom. The Balaban J connectivity index is 0. The maximum atomic E-state index is 10.2. The summed E-state index contributed by atoms with van der Waals surface area (Å²) in [5.41, 5.74) is 15.3. The molecular formula is C9H18N4O4. The number of ketones is 1. The minimum Gasteiger partial charge on any atom is -0.480 e. The SMILES string of the molecule is CC(=O)C=O.NC(N)=NCCCC(N)C(=O)O. The number of carbonyl (C=O) groups is 3. The first-order valence-electron chi connectivity index (χ1n) is 4.80. The molecule has 0 aromatic heterocycles. The van der Waals surface area contributed by atoms with Crippen LogP contribution in [0.4, 0.5) is 0 Å². The number of hydrogen-bond donors (Lipinski definition) is 4. The van der Waals surface area contributed by atoms with Crippen molar-refractivity contribution in [3.05, 3.63) is 0 Å². The first-order chi connectivity index (χ1) is 7.81. The summed E-state index contributed by atoms with van der Waals surface area (Å²) in [6.45, 7) is 1.64. The van der Waals surface area contributed by atoms with Gasteiger partial charge in [0, 0.05) is 13.5 Å². The summed E-state index contributed by atoms with van der Waals surface area (Å²) in [5.74, 6) is -1.41. The average Bonchev–Trinajstić information content (AvgIpc) is 2.24. The molecule has 0 fully saturated rings. The first kappa shape index (κ1) is 17.4. The van der Waals surface area contributed by atoms with Gasteiger partial charge in [-0.1, -0.05) is 0 Å². The van der Waals surface area contributed by atoms with Gasteiger partial charge in [-0.05, 0) is 12.8 Å². The molecule has 0 saturated carbocycles. The zero-order valence-corrected chi connectivity index (χ0v) is 9.63. The van der Waals surface area contributed by atoms with E-state index < -0.39 is 17.8 Å². The Morgan fingerprint density at radius 3 is 2.18 bits per heavy atom. The van der Waals surface area contributed by atoms with Crippen molar-refractivity contribution < 1.29 is 19.5 Å². The van der Waals surface area contributed by atoms with Gasteiger partial charge in [-0.3, -0.25) is 19.4 Å². The van der Waals surface area contributed by atoms with Crippen molar-refractivity contribution in [2.45, 2.75) is 25.8 Å². The molecule has 0 aliphatic rings. The standard InChI is InChI=1S/C6H14N4O2.C3H4O2/c7-4(5(11)12)2-1-3-10-6(8)9;1-3(5)2-4/h4H,1-3,7H2,(H,11,12)(H4,8,9,10);2H,1H3. The summed E-state index contributed by atoms with van der Waals surface area (Å²) in [6.07, 6.45) is 1.23. The molecule has 98 valence electrons. The van der Waals surface area contributed by atoms with Crippen LogP contribution in [0.15, 0.2) is 4.99 Å². The van der Waals surface area contributed by atoms with E-state index >= 15 is 0 Å². The van der Waals surface area contributed by atoms with Crippen LogP contribution in [0.2, 0.25) is 0 Å². The van der Waals surface area contributed by atoms with Gasteiger partial charge in [-0.2, -0.15) is 0 Å². The molecule has 7 N–H and O–H groups in total. The highest BCUT2D eigenvalue weighted by atomic mass is 16.4. The zero-order valence-electron chi connectivity index (χ0n) is 9.63. The average molecular weight is 246 g/mol. The molecule has 1 unspecified atom stereocenters. The van der Waals surface area contributed by atoms with Crippen LogP contribution in [0.3, 0.4) is 0 Å². The second-order valence-electron chi connectivity index (χ2n) is 3.12. The van der Waals surface area contributed by atoms with E-state index in [-0.39, 0.29) is 12.2 Å². The molecule has 0 saturated heterocycles. The van der Waals surface area contributed by atoms with E-state index in [1.165, 1.54) is 6.92 Å². The highest BCUT2D eigenvalue weighted by Crippen LogP contribution is 1.94. The van der Waals surface area contributed by atoms with Gasteiger partial charge in [0.1, 0.15) is 6.04 Å². The monoisotopic (exact) mass is 246 g/mol. The molecule has 0 spiro atoms. The van der Waals surface area contributed by atoms with E-state index in [2.05, 4.69) is 4.99 Å². The minimum absolute atomic E-state index is 0.0129. The second kappa shape index (κ2) is 10.6. The third kappa shape index (κ3) is 16.7. The Labute approximate surface area is 98.9 Å². The number of nitrogens with zero attached hydrogens (tertiary/aromatic N) is 1. The molecule has 0 radical (unpaired) electrons. The Morgan fingerprint density at radius 2 is 1.88 bits per heavy atom. The number of carboxylic acid groups (broad SMARTS) is 1. The van der Waals surface area contributed by atoms with Crippen molar-refractivity contribution in [2.75, 3.05) is 6.54 Å². The number of aliphatic imine (C=N–C) groups is 1. The van der Waals surface area contributed by atoms with Crippen molar-refractivity contribution >= 4 is 24.0 Å². The fourth-order valence-corrected chi connectivity index (χ4v) is 0.643. The summed E-state index contributed by atoms with van der Waals surface area (Å²) in [5, 5.41) is 8.38. The highest BCUT2D eigenvalue weighted by molar-refractivity contribution is 6.23. The van der Waals surface area contributed by atoms with Gasteiger partial charge in [0.05, 0.1) is 0 Å². The van der Waals surface area contributed by atoms with E-state index in [9.17, 15) is 9.59 Å². The van der Waals surface area contributed by atoms with E-state index in [0.29, 0.717) is 19.4 Å². The van der Waals surface area contributed by atoms with Crippen LogP contribution in [0.5, 0.6) is 0 Å². The van der Waals surface area contributed by atoms with Crippen LogP contribution in [0, 0.1) is 0 Å². The fourth-order valence-electron chi connectivity index (χ4n) is 0.643. The molecule has 0 aliphatic carbocycles.